The number of hydrogen-bond acceptors (Lipinski definition) is 5. The summed E-state index contributed by atoms with van der Waals surface area (Å²) in [4.78, 5) is 38.7. The molecular weight excluding hydrogens is 517 g/mol. The van der Waals surface area contributed by atoms with Crippen molar-refractivity contribution in [3.63, 3.8) is 0 Å². The lowest BCUT2D eigenvalue weighted by Crippen LogP contribution is -2.60. The van der Waals surface area contributed by atoms with Gasteiger partial charge in [-0.25, -0.2) is 4.79 Å². The van der Waals surface area contributed by atoms with Gasteiger partial charge in [0.1, 0.15) is 11.8 Å². The van der Waals surface area contributed by atoms with Crippen LogP contribution < -0.4 is 10.6 Å². The van der Waals surface area contributed by atoms with Crippen LogP contribution in [0.1, 0.15) is 31.4 Å². The zero-order valence-corrected chi connectivity index (χ0v) is 21.7. The molecule has 5 atom stereocenters. The Bertz CT molecular complexity index is 1220. The highest BCUT2D eigenvalue weighted by atomic mass is 19.4. The van der Waals surface area contributed by atoms with Gasteiger partial charge in [-0.1, -0.05) is 61.0 Å². The van der Waals surface area contributed by atoms with Gasteiger partial charge in [-0.05, 0) is 37.0 Å². The molecule has 0 aliphatic heterocycles. The topological polar surface area (TPSA) is 125 Å². The van der Waals surface area contributed by atoms with Gasteiger partial charge in [0, 0.05) is 19.1 Å². The summed E-state index contributed by atoms with van der Waals surface area (Å²) in [5.74, 6) is -4.73. The van der Waals surface area contributed by atoms with E-state index in [4.69, 9.17) is 4.74 Å². The molecule has 2 aromatic carbocycles. The van der Waals surface area contributed by atoms with Gasteiger partial charge in [0.05, 0.1) is 12.0 Å². The summed E-state index contributed by atoms with van der Waals surface area (Å²) in [5, 5.41) is 24.0. The molecule has 0 radical (unpaired) electrons. The van der Waals surface area contributed by atoms with Crippen LogP contribution in [0.25, 0.3) is 0 Å². The number of phenols is 1. The molecule has 0 bridgehead atoms. The van der Waals surface area contributed by atoms with E-state index in [1.165, 1.54) is 42.5 Å². The molecule has 3 rings (SSSR count). The number of carboxylic acids is 1. The Hall–Kier alpha value is -3.86. The number of methoxy groups -OCH3 is 1. The number of allylic oxidation sites excluding steroid dienone is 1. The third kappa shape index (κ3) is 6.42. The summed E-state index contributed by atoms with van der Waals surface area (Å²) in [6.45, 7) is 3.41. The fourth-order valence-electron chi connectivity index (χ4n) is 4.96. The molecule has 0 fully saturated rings. The van der Waals surface area contributed by atoms with Crippen molar-refractivity contribution in [2.75, 3.05) is 7.11 Å². The molecular formula is C28H31F3N2O6. The van der Waals surface area contributed by atoms with Crippen molar-refractivity contribution in [2.24, 2.45) is 11.8 Å². The Balaban J connectivity index is 1.90. The molecule has 0 saturated carbocycles. The van der Waals surface area contributed by atoms with E-state index >= 15 is 0 Å². The number of hydrogen-bond donors (Lipinski definition) is 4. The number of benzene rings is 2. The second-order valence-corrected chi connectivity index (χ2v) is 9.70. The maximum Gasteiger partial charge on any atom is 0.430 e. The van der Waals surface area contributed by atoms with Crippen LogP contribution >= 0.6 is 0 Å². The minimum atomic E-state index is -5.14. The lowest BCUT2D eigenvalue weighted by atomic mass is 9.78. The van der Waals surface area contributed by atoms with Crippen molar-refractivity contribution >= 4 is 17.8 Å². The molecule has 39 heavy (non-hydrogen) atoms. The van der Waals surface area contributed by atoms with Crippen molar-refractivity contribution in [1.82, 2.24) is 10.6 Å². The molecule has 0 spiro atoms. The number of carboxylic acid groups (broad SMARTS) is 1. The lowest BCUT2D eigenvalue weighted by molar-refractivity contribution is -0.266. The monoisotopic (exact) mass is 548 g/mol. The van der Waals surface area contributed by atoms with E-state index in [-0.39, 0.29) is 24.5 Å². The Morgan fingerprint density at radius 2 is 1.69 bits per heavy atom. The minimum absolute atomic E-state index is 0.00630. The van der Waals surface area contributed by atoms with Crippen LogP contribution in [0.5, 0.6) is 5.75 Å². The zero-order valence-electron chi connectivity index (χ0n) is 21.7. The number of aliphatic carboxylic acids is 1. The first-order valence-corrected chi connectivity index (χ1v) is 12.3. The number of rotatable bonds is 9. The van der Waals surface area contributed by atoms with Crippen LogP contribution in [0, 0.1) is 11.8 Å². The van der Waals surface area contributed by atoms with E-state index < -0.39 is 53.1 Å². The Labute approximate surface area is 223 Å². The number of alkyl halides is 3. The highest BCUT2D eigenvalue weighted by Crippen LogP contribution is 2.43. The fraction of sp³-hybridized carbons (Fsp3) is 0.393. The van der Waals surface area contributed by atoms with E-state index in [2.05, 4.69) is 10.6 Å². The van der Waals surface area contributed by atoms with Crippen LogP contribution in [0.3, 0.4) is 0 Å². The number of amides is 2. The van der Waals surface area contributed by atoms with E-state index in [1.807, 2.05) is 6.92 Å². The molecule has 4 N–H and O–H groups in total. The number of carbonyl (C=O) groups is 3. The molecule has 1 aliphatic carbocycles. The quantitative estimate of drug-likeness (QED) is 0.354. The SMILES string of the molecule is CO[C@@](C(=O)N[C@@H]1C(C)=C[C@H](C)C[C@@H]1C(=O)N[C@@H](Cc1ccc(O)cc1)C(=O)O)(c1ccccc1)C(F)(F)F. The first-order chi connectivity index (χ1) is 18.3. The van der Waals surface area contributed by atoms with Gasteiger partial charge in [0.15, 0.2) is 0 Å². The van der Waals surface area contributed by atoms with Crippen molar-refractivity contribution in [1.29, 1.82) is 0 Å². The van der Waals surface area contributed by atoms with Gasteiger partial charge in [-0.15, -0.1) is 0 Å². The number of carbonyl (C=O) groups excluding carboxylic acids is 2. The Morgan fingerprint density at radius 1 is 1.08 bits per heavy atom. The standard InChI is InChI=1S/C28H31F3N2O6/c1-16-13-17(2)23(33-26(38)27(39-3,28(29,30)31)19-7-5-4-6-8-19)21(14-16)24(35)32-22(25(36)37)15-18-9-11-20(34)12-10-18/h4-13,16,21-23,34H,14-15H2,1-3H3,(H,32,35)(H,33,38)(H,36,37)/t16-,21-,22-,23+,27+/m0/s1. The maximum absolute atomic E-state index is 14.4. The van der Waals surface area contributed by atoms with Gasteiger partial charge in [-0.3, -0.25) is 9.59 Å². The predicted octanol–water partition coefficient (Wildman–Crippen LogP) is 3.70. The normalized spacial score (nSPS) is 21.7. The van der Waals surface area contributed by atoms with Crippen molar-refractivity contribution < 1.29 is 42.5 Å². The molecule has 0 saturated heterocycles. The summed E-state index contributed by atoms with van der Waals surface area (Å²) in [6, 6.07) is 9.78. The molecule has 2 aromatic rings. The molecule has 8 nitrogen and oxygen atoms in total. The van der Waals surface area contributed by atoms with Gasteiger partial charge in [-0.2, -0.15) is 13.2 Å². The van der Waals surface area contributed by atoms with E-state index in [9.17, 15) is 37.8 Å². The number of aromatic hydroxyl groups is 1. The summed E-state index contributed by atoms with van der Waals surface area (Å²) in [5.41, 5.74) is -2.76. The number of halogens is 3. The van der Waals surface area contributed by atoms with Crippen LogP contribution in [-0.2, 0) is 31.1 Å². The van der Waals surface area contributed by atoms with Crippen molar-refractivity contribution in [3.05, 3.63) is 77.4 Å². The summed E-state index contributed by atoms with van der Waals surface area (Å²) in [6.07, 6.45) is -3.31. The number of ether oxygens (including phenoxy) is 1. The van der Waals surface area contributed by atoms with Gasteiger partial charge >= 0.3 is 12.1 Å². The van der Waals surface area contributed by atoms with E-state index in [1.54, 1.807) is 13.0 Å². The summed E-state index contributed by atoms with van der Waals surface area (Å²) >= 11 is 0. The largest absolute Gasteiger partial charge is 0.508 e. The lowest BCUT2D eigenvalue weighted by Gasteiger charge is -2.38. The second kappa shape index (κ2) is 11.9. The van der Waals surface area contributed by atoms with E-state index in [0.717, 1.165) is 19.2 Å². The molecule has 1 aliphatic rings. The van der Waals surface area contributed by atoms with Gasteiger partial charge < -0.3 is 25.6 Å². The first-order valence-electron chi connectivity index (χ1n) is 12.3. The van der Waals surface area contributed by atoms with Gasteiger partial charge in [0.25, 0.3) is 11.5 Å². The zero-order chi connectivity index (χ0) is 29.0. The molecule has 0 aromatic heterocycles. The average Bonchev–Trinajstić information content (AvgIpc) is 2.86. The minimum Gasteiger partial charge on any atom is -0.508 e. The predicted molar refractivity (Wildman–Crippen MR) is 136 cm³/mol. The molecule has 11 heteroatoms. The smallest absolute Gasteiger partial charge is 0.430 e. The van der Waals surface area contributed by atoms with Crippen LogP contribution in [0.4, 0.5) is 13.2 Å². The van der Waals surface area contributed by atoms with E-state index in [0.29, 0.717) is 11.1 Å². The summed E-state index contributed by atoms with van der Waals surface area (Å²) < 4.78 is 48.1. The highest BCUT2D eigenvalue weighted by Gasteiger charge is 2.63. The van der Waals surface area contributed by atoms with Crippen LogP contribution in [0.2, 0.25) is 0 Å². The maximum atomic E-state index is 14.4. The Kier molecular flexibility index (Phi) is 9.06. The van der Waals surface area contributed by atoms with Crippen molar-refractivity contribution in [2.45, 2.75) is 50.6 Å². The van der Waals surface area contributed by atoms with Crippen LogP contribution in [-0.4, -0.2) is 53.4 Å². The second-order valence-electron chi connectivity index (χ2n) is 9.70. The molecule has 2 amide bonds. The number of phenolic OH excluding ortho intramolecular Hbond substituents is 1. The molecule has 210 valence electrons. The third-order valence-electron chi connectivity index (χ3n) is 6.89. The third-order valence-corrected chi connectivity index (χ3v) is 6.89. The average molecular weight is 549 g/mol. The van der Waals surface area contributed by atoms with Gasteiger partial charge in [0.2, 0.25) is 5.91 Å². The first kappa shape index (κ1) is 29.7. The van der Waals surface area contributed by atoms with Crippen molar-refractivity contribution in [3.8, 4) is 5.75 Å². The van der Waals surface area contributed by atoms with Crippen LogP contribution in [0.15, 0.2) is 66.2 Å². The molecule has 0 heterocycles. The fourth-order valence-corrected chi connectivity index (χ4v) is 4.96. The highest BCUT2D eigenvalue weighted by molar-refractivity contribution is 5.90. The Morgan fingerprint density at radius 3 is 2.23 bits per heavy atom. The summed E-state index contributed by atoms with van der Waals surface area (Å²) in [7, 11) is 0.788. The molecule has 0 unspecified atom stereocenters. The number of nitrogens with one attached hydrogen (secondary N) is 2.